The van der Waals surface area contributed by atoms with Gasteiger partial charge in [-0.1, -0.05) is 23.4 Å². The molecule has 10 heteroatoms. The smallest absolute Gasteiger partial charge is 0.277 e. The molecule has 0 aliphatic carbocycles. The molecular weight excluding hydrogens is 384 g/mol. The first-order valence-electron chi connectivity index (χ1n) is 7.14. The van der Waals surface area contributed by atoms with E-state index in [-0.39, 0.29) is 18.3 Å². The van der Waals surface area contributed by atoms with Crippen LogP contribution in [0, 0.1) is 6.92 Å². The Bertz CT molecular complexity index is 851. The van der Waals surface area contributed by atoms with Crippen molar-refractivity contribution in [1.29, 1.82) is 0 Å². The summed E-state index contributed by atoms with van der Waals surface area (Å²) < 4.78 is 10.9. The lowest BCUT2D eigenvalue weighted by molar-refractivity contribution is -0.113. The molecule has 0 atom stereocenters. The maximum atomic E-state index is 11.8. The highest BCUT2D eigenvalue weighted by Gasteiger charge is 2.11. The van der Waals surface area contributed by atoms with Crippen molar-refractivity contribution in [2.45, 2.75) is 18.8 Å². The number of thiazole rings is 1. The standard InChI is InChI=1S/C15H13ClN4O3S2/c1-9-7-24-14(17-9)18-12(21)8-25-15-20-19-13(23-15)6-22-11-4-2-10(16)3-5-11/h2-5,7H,6,8H2,1H3,(H,17,18,21). The van der Waals surface area contributed by atoms with Gasteiger partial charge >= 0.3 is 0 Å². The Kier molecular flexibility index (Phi) is 5.90. The number of aromatic nitrogens is 3. The van der Waals surface area contributed by atoms with Gasteiger partial charge in [0.2, 0.25) is 5.91 Å². The third kappa shape index (κ3) is 5.45. The molecule has 3 rings (SSSR count). The summed E-state index contributed by atoms with van der Waals surface area (Å²) in [7, 11) is 0. The summed E-state index contributed by atoms with van der Waals surface area (Å²) in [5.74, 6) is 0.943. The Balaban J connectivity index is 1.44. The number of carbonyl (C=O) groups excluding carboxylic acids is 1. The van der Waals surface area contributed by atoms with Crippen molar-refractivity contribution in [3.63, 3.8) is 0 Å². The van der Waals surface area contributed by atoms with Crippen molar-refractivity contribution in [3.8, 4) is 5.75 Å². The Hall–Kier alpha value is -2.10. The van der Waals surface area contributed by atoms with Crippen molar-refractivity contribution in [2.75, 3.05) is 11.1 Å². The molecule has 2 aromatic heterocycles. The van der Waals surface area contributed by atoms with Crippen molar-refractivity contribution < 1.29 is 13.9 Å². The predicted molar refractivity (Wildman–Crippen MR) is 96.3 cm³/mol. The average molecular weight is 397 g/mol. The Morgan fingerprint density at radius 1 is 1.36 bits per heavy atom. The van der Waals surface area contributed by atoms with Crippen LogP contribution < -0.4 is 10.1 Å². The maximum absolute atomic E-state index is 11.8. The van der Waals surface area contributed by atoms with Crippen LogP contribution >= 0.6 is 34.7 Å². The molecular formula is C15H13ClN4O3S2. The lowest BCUT2D eigenvalue weighted by atomic mass is 10.3. The monoisotopic (exact) mass is 396 g/mol. The van der Waals surface area contributed by atoms with E-state index >= 15 is 0 Å². The number of amides is 1. The van der Waals surface area contributed by atoms with E-state index in [0.717, 1.165) is 17.5 Å². The summed E-state index contributed by atoms with van der Waals surface area (Å²) in [5, 5.41) is 13.9. The van der Waals surface area contributed by atoms with Gasteiger partial charge in [0.15, 0.2) is 11.7 Å². The van der Waals surface area contributed by atoms with Gasteiger partial charge in [-0.05, 0) is 31.2 Å². The molecule has 0 saturated heterocycles. The highest BCUT2D eigenvalue weighted by molar-refractivity contribution is 7.99. The molecule has 1 N–H and O–H groups in total. The molecule has 0 aliphatic heterocycles. The SMILES string of the molecule is Cc1csc(NC(=O)CSc2nnc(COc3ccc(Cl)cc3)o2)n1. The van der Waals surface area contributed by atoms with Crippen LogP contribution in [0.1, 0.15) is 11.6 Å². The largest absolute Gasteiger partial charge is 0.484 e. The van der Waals surface area contributed by atoms with Crippen LogP contribution in [-0.4, -0.2) is 26.8 Å². The highest BCUT2D eigenvalue weighted by Crippen LogP contribution is 2.20. The minimum absolute atomic E-state index is 0.139. The summed E-state index contributed by atoms with van der Waals surface area (Å²) in [6.45, 7) is 2.01. The fourth-order valence-electron chi connectivity index (χ4n) is 1.72. The molecule has 7 nitrogen and oxygen atoms in total. The number of halogens is 1. The third-order valence-corrected chi connectivity index (χ3v) is 4.76. The van der Waals surface area contributed by atoms with Gasteiger partial charge < -0.3 is 14.5 Å². The van der Waals surface area contributed by atoms with E-state index in [9.17, 15) is 4.79 Å². The number of nitrogens with zero attached hydrogens (tertiary/aromatic N) is 3. The van der Waals surface area contributed by atoms with Gasteiger partial charge in [-0.2, -0.15) is 0 Å². The number of ether oxygens (including phenoxy) is 1. The number of benzene rings is 1. The van der Waals surface area contributed by atoms with E-state index in [0.29, 0.717) is 27.0 Å². The second kappa shape index (κ2) is 8.32. The maximum Gasteiger partial charge on any atom is 0.277 e. The van der Waals surface area contributed by atoms with E-state index in [4.69, 9.17) is 20.8 Å². The molecule has 0 aliphatic rings. The van der Waals surface area contributed by atoms with Gasteiger partial charge in [0.25, 0.3) is 11.1 Å². The summed E-state index contributed by atoms with van der Waals surface area (Å²) in [5.41, 5.74) is 0.871. The summed E-state index contributed by atoms with van der Waals surface area (Å²) >= 11 is 8.34. The van der Waals surface area contributed by atoms with Gasteiger partial charge in [0, 0.05) is 10.4 Å². The first kappa shape index (κ1) is 17.7. The van der Waals surface area contributed by atoms with E-state index in [1.807, 2.05) is 12.3 Å². The van der Waals surface area contributed by atoms with E-state index in [2.05, 4.69) is 20.5 Å². The molecule has 1 aromatic carbocycles. The number of thioether (sulfide) groups is 1. The zero-order chi connectivity index (χ0) is 17.6. The van der Waals surface area contributed by atoms with E-state index in [1.165, 1.54) is 11.3 Å². The number of hydrogen-bond donors (Lipinski definition) is 1. The summed E-state index contributed by atoms with van der Waals surface area (Å²) in [6.07, 6.45) is 0. The highest BCUT2D eigenvalue weighted by atomic mass is 35.5. The second-order valence-corrected chi connectivity index (χ2v) is 7.06. The Labute approximate surface area is 156 Å². The van der Waals surface area contributed by atoms with Crippen LogP contribution in [0.25, 0.3) is 0 Å². The number of carbonyl (C=O) groups is 1. The van der Waals surface area contributed by atoms with Gasteiger partial charge in [-0.15, -0.1) is 21.5 Å². The number of nitrogens with one attached hydrogen (secondary N) is 1. The zero-order valence-corrected chi connectivity index (χ0v) is 15.5. The van der Waals surface area contributed by atoms with Crippen molar-refractivity contribution >= 4 is 45.7 Å². The third-order valence-electron chi connectivity index (χ3n) is 2.82. The van der Waals surface area contributed by atoms with E-state index in [1.54, 1.807) is 24.3 Å². The lowest BCUT2D eigenvalue weighted by Gasteiger charge is -2.02. The fraction of sp³-hybridized carbons (Fsp3) is 0.200. The molecule has 0 radical (unpaired) electrons. The summed E-state index contributed by atoms with van der Waals surface area (Å²) in [4.78, 5) is 16.0. The van der Waals surface area contributed by atoms with Crippen LogP contribution in [0.5, 0.6) is 5.75 Å². The molecule has 0 fully saturated rings. The number of aryl methyl sites for hydroxylation is 1. The molecule has 0 saturated carbocycles. The first-order valence-corrected chi connectivity index (χ1v) is 9.38. The van der Waals surface area contributed by atoms with Gasteiger partial charge in [0.05, 0.1) is 11.4 Å². The number of rotatable bonds is 7. The normalized spacial score (nSPS) is 10.6. The average Bonchev–Trinajstić information content (AvgIpc) is 3.21. The van der Waals surface area contributed by atoms with Crippen molar-refractivity contribution in [2.24, 2.45) is 0 Å². The predicted octanol–water partition coefficient (Wildman–Crippen LogP) is 3.80. The molecule has 2 heterocycles. The van der Waals surface area contributed by atoms with E-state index < -0.39 is 0 Å². The lowest BCUT2D eigenvalue weighted by Crippen LogP contribution is -2.13. The van der Waals surface area contributed by atoms with Crippen molar-refractivity contribution in [1.82, 2.24) is 15.2 Å². The quantitative estimate of drug-likeness (QED) is 0.607. The molecule has 25 heavy (non-hydrogen) atoms. The Morgan fingerprint density at radius 2 is 2.16 bits per heavy atom. The number of anilines is 1. The molecule has 1 amide bonds. The molecule has 0 unspecified atom stereocenters. The molecule has 0 bridgehead atoms. The summed E-state index contributed by atoms with van der Waals surface area (Å²) in [6, 6.07) is 6.96. The molecule has 130 valence electrons. The fourth-order valence-corrected chi connectivity index (χ4v) is 3.14. The Morgan fingerprint density at radius 3 is 2.88 bits per heavy atom. The second-order valence-electron chi connectivity index (χ2n) is 4.84. The minimum atomic E-state index is -0.184. The van der Waals surface area contributed by atoms with Crippen LogP contribution in [0.2, 0.25) is 5.02 Å². The molecule has 3 aromatic rings. The van der Waals surface area contributed by atoms with Crippen LogP contribution in [0.4, 0.5) is 5.13 Å². The van der Waals surface area contributed by atoms with Crippen LogP contribution in [0.3, 0.4) is 0 Å². The van der Waals surface area contributed by atoms with Crippen LogP contribution in [0.15, 0.2) is 39.3 Å². The molecule has 0 spiro atoms. The minimum Gasteiger partial charge on any atom is -0.484 e. The van der Waals surface area contributed by atoms with Gasteiger partial charge in [-0.25, -0.2) is 4.98 Å². The first-order chi connectivity index (χ1) is 12.1. The van der Waals surface area contributed by atoms with Gasteiger partial charge in [0.1, 0.15) is 5.75 Å². The van der Waals surface area contributed by atoms with Crippen molar-refractivity contribution in [3.05, 3.63) is 46.3 Å². The topological polar surface area (TPSA) is 90.1 Å². The number of hydrogen-bond acceptors (Lipinski definition) is 8. The zero-order valence-electron chi connectivity index (χ0n) is 13.1. The van der Waals surface area contributed by atoms with Crippen LogP contribution in [-0.2, 0) is 11.4 Å². The van der Waals surface area contributed by atoms with Gasteiger partial charge in [-0.3, -0.25) is 4.79 Å².